The summed E-state index contributed by atoms with van der Waals surface area (Å²) in [7, 11) is 0. The summed E-state index contributed by atoms with van der Waals surface area (Å²) in [4.78, 5) is 0. The van der Waals surface area contributed by atoms with E-state index >= 15 is 0 Å². The molecule has 0 radical (unpaired) electrons. The Hall–Kier alpha value is -1.24. The minimum atomic E-state index is 0.399. The van der Waals surface area contributed by atoms with E-state index in [2.05, 4.69) is 32.1 Å². The lowest BCUT2D eigenvalue weighted by Crippen LogP contribution is -1.91. The van der Waals surface area contributed by atoms with Gasteiger partial charge in [-0.25, -0.2) is 0 Å². The van der Waals surface area contributed by atoms with Crippen molar-refractivity contribution in [1.29, 1.82) is 0 Å². The van der Waals surface area contributed by atoms with Crippen LogP contribution in [0.4, 0.5) is 0 Å². The van der Waals surface area contributed by atoms with E-state index in [1.165, 1.54) is 12.0 Å². The second-order valence-electron chi connectivity index (χ2n) is 4.71. The maximum Gasteiger partial charge on any atom is 0.112 e. The van der Waals surface area contributed by atoms with Gasteiger partial charge in [0.2, 0.25) is 0 Å². The summed E-state index contributed by atoms with van der Waals surface area (Å²) in [5.74, 6) is 0.814. The van der Waals surface area contributed by atoms with Gasteiger partial charge in [0.1, 0.15) is 6.61 Å². The van der Waals surface area contributed by atoms with Gasteiger partial charge in [0, 0.05) is 0 Å². The van der Waals surface area contributed by atoms with Gasteiger partial charge < -0.3 is 4.74 Å². The lowest BCUT2D eigenvalue weighted by atomic mass is 10.1. The lowest BCUT2D eigenvalue weighted by molar-refractivity contribution is 0.233. The van der Waals surface area contributed by atoms with Crippen molar-refractivity contribution >= 4 is 0 Å². The third-order valence-electron chi connectivity index (χ3n) is 3.35. The Bertz CT molecular complexity index is 342. The molecule has 0 saturated heterocycles. The van der Waals surface area contributed by atoms with Gasteiger partial charge in [-0.3, -0.25) is 0 Å². The highest BCUT2D eigenvalue weighted by Gasteiger charge is 2.44. The van der Waals surface area contributed by atoms with E-state index < -0.39 is 0 Å². The standard InChI is InChI=1S/C14H18O/c1-12-10-14(12,2)8-9-15-11-13-6-4-3-5-7-13/h3-9,12H,10-11H2,1-2H3/b9-8+/t12-,14?/m1/s1. The summed E-state index contributed by atoms with van der Waals surface area (Å²) in [5.41, 5.74) is 1.62. The first-order chi connectivity index (χ1) is 7.21. The van der Waals surface area contributed by atoms with Crippen LogP contribution in [-0.2, 0) is 11.3 Å². The zero-order valence-electron chi connectivity index (χ0n) is 9.44. The van der Waals surface area contributed by atoms with Crippen LogP contribution in [0, 0.1) is 11.3 Å². The van der Waals surface area contributed by atoms with Crippen molar-refractivity contribution in [3.63, 3.8) is 0 Å². The first kappa shape index (κ1) is 10.3. The fourth-order valence-electron chi connectivity index (χ4n) is 1.76. The van der Waals surface area contributed by atoms with Crippen molar-refractivity contribution in [3.8, 4) is 0 Å². The zero-order chi connectivity index (χ0) is 10.7. The highest BCUT2D eigenvalue weighted by Crippen LogP contribution is 2.52. The smallest absolute Gasteiger partial charge is 0.112 e. The lowest BCUT2D eigenvalue weighted by Gasteiger charge is -2.03. The Morgan fingerprint density at radius 2 is 2.07 bits per heavy atom. The van der Waals surface area contributed by atoms with Crippen molar-refractivity contribution in [2.45, 2.75) is 26.9 Å². The van der Waals surface area contributed by atoms with E-state index in [0.717, 1.165) is 5.92 Å². The molecule has 1 nitrogen and oxygen atoms in total. The van der Waals surface area contributed by atoms with Crippen LogP contribution < -0.4 is 0 Å². The Morgan fingerprint density at radius 3 is 2.67 bits per heavy atom. The van der Waals surface area contributed by atoms with Gasteiger partial charge in [-0.05, 0) is 29.4 Å². The predicted molar refractivity (Wildman–Crippen MR) is 62.3 cm³/mol. The molecule has 1 aromatic carbocycles. The summed E-state index contributed by atoms with van der Waals surface area (Å²) in [6.45, 7) is 5.23. The number of hydrogen-bond acceptors (Lipinski definition) is 1. The van der Waals surface area contributed by atoms with E-state index in [-0.39, 0.29) is 0 Å². The van der Waals surface area contributed by atoms with Gasteiger partial charge in [-0.1, -0.05) is 44.2 Å². The molecule has 1 aliphatic rings. The minimum absolute atomic E-state index is 0.399. The second kappa shape index (κ2) is 4.09. The number of benzene rings is 1. The third kappa shape index (κ3) is 2.62. The SMILES string of the molecule is C[C@@H]1CC1(C)/C=C/OCc1ccccc1. The first-order valence-electron chi connectivity index (χ1n) is 5.54. The van der Waals surface area contributed by atoms with Crippen LogP contribution >= 0.6 is 0 Å². The molecule has 1 heteroatoms. The van der Waals surface area contributed by atoms with Crippen LogP contribution in [-0.4, -0.2) is 0 Å². The van der Waals surface area contributed by atoms with Crippen molar-refractivity contribution in [1.82, 2.24) is 0 Å². The second-order valence-corrected chi connectivity index (χ2v) is 4.71. The zero-order valence-corrected chi connectivity index (χ0v) is 9.44. The molecule has 1 fully saturated rings. The largest absolute Gasteiger partial charge is 0.497 e. The average Bonchev–Trinajstić information content (AvgIpc) is 2.84. The van der Waals surface area contributed by atoms with E-state index in [9.17, 15) is 0 Å². The minimum Gasteiger partial charge on any atom is -0.497 e. The molecule has 0 amide bonds. The summed E-state index contributed by atoms with van der Waals surface area (Å²) in [5, 5.41) is 0. The molecule has 1 aliphatic carbocycles. The molecule has 1 aromatic rings. The molecular weight excluding hydrogens is 184 g/mol. The van der Waals surface area contributed by atoms with Crippen molar-refractivity contribution in [3.05, 3.63) is 48.2 Å². The molecule has 0 heterocycles. The molecule has 2 rings (SSSR count). The first-order valence-corrected chi connectivity index (χ1v) is 5.54. The summed E-state index contributed by atoms with van der Waals surface area (Å²) in [6.07, 6.45) is 5.34. The van der Waals surface area contributed by atoms with Gasteiger partial charge in [0.05, 0.1) is 6.26 Å². The van der Waals surface area contributed by atoms with Crippen molar-refractivity contribution in [2.24, 2.45) is 11.3 Å². The molecule has 0 bridgehead atoms. The van der Waals surface area contributed by atoms with Crippen LogP contribution in [0.3, 0.4) is 0 Å². The quantitative estimate of drug-likeness (QED) is 0.675. The maximum atomic E-state index is 5.50. The summed E-state index contributed by atoms with van der Waals surface area (Å²) < 4.78 is 5.50. The molecule has 15 heavy (non-hydrogen) atoms. The number of ether oxygens (including phenoxy) is 1. The normalized spacial score (nSPS) is 29.3. The topological polar surface area (TPSA) is 9.23 Å². The van der Waals surface area contributed by atoms with Gasteiger partial charge >= 0.3 is 0 Å². The van der Waals surface area contributed by atoms with Gasteiger partial charge in [-0.2, -0.15) is 0 Å². The Morgan fingerprint density at radius 1 is 1.40 bits per heavy atom. The van der Waals surface area contributed by atoms with Crippen LogP contribution in [0.1, 0.15) is 25.8 Å². The van der Waals surface area contributed by atoms with Gasteiger partial charge in [-0.15, -0.1) is 0 Å². The number of allylic oxidation sites excluding steroid dienone is 1. The molecule has 1 saturated carbocycles. The van der Waals surface area contributed by atoms with Crippen LogP contribution in [0.25, 0.3) is 0 Å². The molecule has 0 N–H and O–H groups in total. The van der Waals surface area contributed by atoms with Gasteiger partial charge in [0.15, 0.2) is 0 Å². The van der Waals surface area contributed by atoms with Crippen LogP contribution in [0.2, 0.25) is 0 Å². The Balaban J connectivity index is 1.76. The van der Waals surface area contributed by atoms with Crippen LogP contribution in [0.15, 0.2) is 42.7 Å². The molecule has 80 valence electrons. The fraction of sp³-hybridized carbons (Fsp3) is 0.429. The van der Waals surface area contributed by atoms with Gasteiger partial charge in [0.25, 0.3) is 0 Å². The molecule has 0 aromatic heterocycles. The molecule has 0 aliphatic heterocycles. The fourth-order valence-corrected chi connectivity index (χ4v) is 1.76. The monoisotopic (exact) mass is 202 g/mol. The van der Waals surface area contributed by atoms with E-state index in [1.807, 2.05) is 24.5 Å². The van der Waals surface area contributed by atoms with E-state index in [0.29, 0.717) is 12.0 Å². The molecule has 0 spiro atoms. The van der Waals surface area contributed by atoms with Crippen LogP contribution in [0.5, 0.6) is 0 Å². The predicted octanol–water partition coefficient (Wildman–Crippen LogP) is 3.76. The molecule has 1 unspecified atom stereocenters. The summed E-state index contributed by atoms with van der Waals surface area (Å²) >= 11 is 0. The molecule has 2 atom stereocenters. The average molecular weight is 202 g/mol. The van der Waals surface area contributed by atoms with E-state index in [1.54, 1.807) is 0 Å². The molecular formula is C14H18O. The number of rotatable bonds is 4. The Kier molecular flexibility index (Phi) is 2.81. The Labute approximate surface area is 91.8 Å². The highest BCUT2D eigenvalue weighted by atomic mass is 16.5. The maximum absolute atomic E-state index is 5.50. The number of hydrogen-bond donors (Lipinski definition) is 0. The van der Waals surface area contributed by atoms with E-state index in [4.69, 9.17) is 4.74 Å². The van der Waals surface area contributed by atoms with Crippen molar-refractivity contribution < 1.29 is 4.74 Å². The summed E-state index contributed by atoms with van der Waals surface area (Å²) in [6, 6.07) is 10.2. The third-order valence-corrected chi connectivity index (χ3v) is 3.35. The highest BCUT2D eigenvalue weighted by molar-refractivity contribution is 5.14. The van der Waals surface area contributed by atoms with Crippen molar-refractivity contribution in [2.75, 3.05) is 0 Å².